The lowest BCUT2D eigenvalue weighted by molar-refractivity contribution is 0.415. The van der Waals surface area contributed by atoms with Gasteiger partial charge in [0.1, 0.15) is 17.1 Å². The first-order valence-corrected chi connectivity index (χ1v) is 9.26. The number of rotatable bonds is 3. The molecule has 0 unspecified atom stereocenters. The van der Waals surface area contributed by atoms with E-state index in [1.165, 1.54) is 0 Å². The number of para-hydroxylation sites is 2. The Kier molecular flexibility index (Phi) is 3.91. The van der Waals surface area contributed by atoms with Gasteiger partial charge in [0, 0.05) is 11.8 Å². The molecule has 0 fully saturated rings. The van der Waals surface area contributed by atoms with Crippen LogP contribution in [0.5, 0.6) is 5.75 Å². The topological polar surface area (TPSA) is 72.3 Å². The quantitative estimate of drug-likeness (QED) is 0.507. The number of hydrogen-bond donors (Lipinski definition) is 1. The van der Waals surface area contributed by atoms with Gasteiger partial charge < -0.3 is 9.72 Å². The number of pyridine rings is 1. The second-order valence-corrected chi connectivity index (χ2v) is 6.90. The van der Waals surface area contributed by atoms with Crippen LogP contribution in [-0.2, 0) is 0 Å². The minimum atomic E-state index is -0.248. The van der Waals surface area contributed by atoms with Crippen LogP contribution in [0.25, 0.3) is 39.3 Å². The standard InChI is InChI=1S/C23H18N4O2/c1-14-7-12-19-26-20(15-8-10-16(29-2)11-9-15)22(27(19)13-14)21-23(28)25-18-6-4-3-5-17(18)24-21/h3-13H,1-2H3,(H,25,28). The van der Waals surface area contributed by atoms with Gasteiger partial charge in [0.2, 0.25) is 0 Å². The molecule has 0 atom stereocenters. The summed E-state index contributed by atoms with van der Waals surface area (Å²) in [6.45, 7) is 2.01. The van der Waals surface area contributed by atoms with Crippen molar-refractivity contribution in [1.82, 2.24) is 19.4 Å². The number of hydrogen-bond acceptors (Lipinski definition) is 4. The zero-order valence-electron chi connectivity index (χ0n) is 16.0. The molecule has 5 rings (SSSR count). The molecule has 0 aliphatic heterocycles. The lowest BCUT2D eigenvalue weighted by Gasteiger charge is -2.07. The number of H-pyrrole nitrogens is 1. The molecule has 0 aliphatic carbocycles. The molecule has 0 saturated carbocycles. The van der Waals surface area contributed by atoms with E-state index in [0.29, 0.717) is 22.6 Å². The first kappa shape index (κ1) is 17.2. The fraction of sp³-hybridized carbons (Fsp3) is 0.0870. The highest BCUT2D eigenvalue weighted by molar-refractivity contribution is 5.83. The molecule has 1 N–H and O–H groups in total. The molecule has 2 aromatic carbocycles. The van der Waals surface area contributed by atoms with Crippen molar-refractivity contribution in [2.24, 2.45) is 0 Å². The van der Waals surface area contributed by atoms with Gasteiger partial charge in [0.25, 0.3) is 5.56 Å². The first-order chi connectivity index (χ1) is 14.1. The fourth-order valence-electron chi connectivity index (χ4n) is 3.52. The van der Waals surface area contributed by atoms with Gasteiger partial charge in [-0.1, -0.05) is 18.2 Å². The zero-order valence-corrected chi connectivity index (χ0v) is 16.0. The number of aromatic amines is 1. The Morgan fingerprint density at radius 3 is 2.52 bits per heavy atom. The van der Waals surface area contributed by atoms with Crippen molar-refractivity contribution in [3.05, 3.63) is 82.8 Å². The number of nitrogens with zero attached hydrogens (tertiary/aromatic N) is 3. The third-order valence-corrected chi connectivity index (χ3v) is 4.95. The maximum Gasteiger partial charge on any atom is 0.276 e. The van der Waals surface area contributed by atoms with Gasteiger partial charge in [-0.2, -0.15) is 0 Å². The summed E-state index contributed by atoms with van der Waals surface area (Å²) in [6.07, 6.45) is 1.97. The van der Waals surface area contributed by atoms with E-state index in [2.05, 4.69) is 9.97 Å². The van der Waals surface area contributed by atoms with E-state index in [1.54, 1.807) is 7.11 Å². The summed E-state index contributed by atoms with van der Waals surface area (Å²) in [6, 6.07) is 19.1. The van der Waals surface area contributed by atoms with E-state index in [1.807, 2.05) is 78.2 Å². The summed E-state index contributed by atoms with van der Waals surface area (Å²) >= 11 is 0. The molecular formula is C23H18N4O2. The SMILES string of the molecule is COc1ccc(-c2nc3ccc(C)cn3c2-c2nc3ccccc3[nH]c2=O)cc1. The number of fused-ring (bicyclic) bond motifs is 2. The highest BCUT2D eigenvalue weighted by Crippen LogP contribution is 2.32. The van der Waals surface area contributed by atoms with E-state index in [-0.39, 0.29) is 5.56 Å². The average Bonchev–Trinajstić information content (AvgIpc) is 3.11. The van der Waals surface area contributed by atoms with Crippen LogP contribution in [-0.4, -0.2) is 26.5 Å². The van der Waals surface area contributed by atoms with Crippen molar-refractivity contribution in [3.63, 3.8) is 0 Å². The molecule has 142 valence electrons. The number of nitrogens with one attached hydrogen (secondary N) is 1. The predicted octanol–water partition coefficient (Wildman–Crippen LogP) is 4.22. The molecule has 5 aromatic rings. The molecule has 0 aliphatic rings. The Morgan fingerprint density at radius 2 is 1.72 bits per heavy atom. The largest absolute Gasteiger partial charge is 0.497 e. The van der Waals surface area contributed by atoms with Gasteiger partial charge >= 0.3 is 0 Å². The summed E-state index contributed by atoms with van der Waals surface area (Å²) in [5, 5.41) is 0. The van der Waals surface area contributed by atoms with E-state index < -0.39 is 0 Å². The summed E-state index contributed by atoms with van der Waals surface area (Å²) < 4.78 is 7.20. The highest BCUT2D eigenvalue weighted by atomic mass is 16.5. The molecule has 6 heteroatoms. The van der Waals surface area contributed by atoms with Crippen molar-refractivity contribution >= 4 is 16.7 Å². The minimum absolute atomic E-state index is 0.248. The molecule has 3 heterocycles. The van der Waals surface area contributed by atoms with Crippen LogP contribution in [0.1, 0.15) is 5.56 Å². The van der Waals surface area contributed by atoms with Gasteiger partial charge in [0.15, 0.2) is 5.69 Å². The Balaban J connectivity index is 1.85. The van der Waals surface area contributed by atoms with Crippen LogP contribution in [0.2, 0.25) is 0 Å². The summed E-state index contributed by atoms with van der Waals surface area (Å²) in [5.41, 5.74) is 5.60. The van der Waals surface area contributed by atoms with Crippen LogP contribution in [0.3, 0.4) is 0 Å². The maximum atomic E-state index is 13.0. The Morgan fingerprint density at radius 1 is 0.931 bits per heavy atom. The second kappa shape index (κ2) is 6.60. The van der Waals surface area contributed by atoms with Crippen LogP contribution in [0, 0.1) is 6.92 Å². The van der Waals surface area contributed by atoms with Crippen molar-refractivity contribution < 1.29 is 4.74 Å². The molecule has 3 aromatic heterocycles. The summed E-state index contributed by atoms with van der Waals surface area (Å²) in [4.78, 5) is 25.4. The molecular weight excluding hydrogens is 364 g/mol. The third-order valence-electron chi connectivity index (χ3n) is 4.95. The molecule has 29 heavy (non-hydrogen) atoms. The van der Waals surface area contributed by atoms with Crippen LogP contribution >= 0.6 is 0 Å². The van der Waals surface area contributed by atoms with Crippen molar-refractivity contribution in [1.29, 1.82) is 0 Å². The molecule has 0 amide bonds. The van der Waals surface area contributed by atoms with E-state index in [4.69, 9.17) is 9.72 Å². The fourth-order valence-corrected chi connectivity index (χ4v) is 3.52. The zero-order chi connectivity index (χ0) is 20.0. The molecule has 0 spiro atoms. The van der Waals surface area contributed by atoms with Crippen molar-refractivity contribution in [2.45, 2.75) is 6.92 Å². The second-order valence-electron chi connectivity index (χ2n) is 6.90. The van der Waals surface area contributed by atoms with E-state index >= 15 is 0 Å². The van der Waals surface area contributed by atoms with Crippen LogP contribution in [0.15, 0.2) is 71.7 Å². The Bertz CT molecular complexity index is 1420. The number of imidazole rings is 1. The van der Waals surface area contributed by atoms with Crippen LogP contribution < -0.4 is 10.3 Å². The summed E-state index contributed by atoms with van der Waals surface area (Å²) in [7, 11) is 1.63. The van der Waals surface area contributed by atoms with Gasteiger partial charge in [0.05, 0.1) is 23.8 Å². The number of benzene rings is 2. The molecule has 0 radical (unpaired) electrons. The monoisotopic (exact) mass is 382 g/mol. The smallest absolute Gasteiger partial charge is 0.276 e. The van der Waals surface area contributed by atoms with E-state index in [9.17, 15) is 4.79 Å². The van der Waals surface area contributed by atoms with Crippen LogP contribution in [0.4, 0.5) is 0 Å². The highest BCUT2D eigenvalue weighted by Gasteiger charge is 2.20. The first-order valence-electron chi connectivity index (χ1n) is 9.26. The molecule has 0 bridgehead atoms. The normalized spacial score (nSPS) is 11.2. The number of aryl methyl sites for hydroxylation is 1. The summed E-state index contributed by atoms with van der Waals surface area (Å²) in [5.74, 6) is 0.761. The lowest BCUT2D eigenvalue weighted by atomic mass is 10.1. The number of methoxy groups -OCH3 is 1. The van der Waals surface area contributed by atoms with Gasteiger partial charge in [-0.3, -0.25) is 9.20 Å². The van der Waals surface area contributed by atoms with Gasteiger partial charge in [-0.05, 0) is 55.0 Å². The van der Waals surface area contributed by atoms with Gasteiger partial charge in [-0.15, -0.1) is 0 Å². The third kappa shape index (κ3) is 2.86. The average molecular weight is 382 g/mol. The number of ether oxygens (including phenoxy) is 1. The Labute approximate surface area is 166 Å². The molecule has 0 saturated heterocycles. The van der Waals surface area contributed by atoms with Gasteiger partial charge in [-0.25, -0.2) is 9.97 Å². The van der Waals surface area contributed by atoms with Crippen molar-refractivity contribution in [2.75, 3.05) is 7.11 Å². The Hall–Kier alpha value is -3.93. The minimum Gasteiger partial charge on any atom is -0.497 e. The molecule has 6 nitrogen and oxygen atoms in total. The van der Waals surface area contributed by atoms with Crippen molar-refractivity contribution in [3.8, 4) is 28.4 Å². The predicted molar refractivity (Wildman–Crippen MR) is 113 cm³/mol. The maximum absolute atomic E-state index is 13.0. The van der Waals surface area contributed by atoms with E-state index in [0.717, 1.165) is 28.0 Å². The lowest BCUT2D eigenvalue weighted by Crippen LogP contribution is -2.13. The number of aromatic nitrogens is 4.